The van der Waals surface area contributed by atoms with Crippen LogP contribution in [0.3, 0.4) is 0 Å². The first-order valence-corrected chi connectivity index (χ1v) is 5.81. The maximum atomic E-state index is 11.8. The van der Waals surface area contributed by atoms with Crippen molar-refractivity contribution in [3.05, 3.63) is 46.0 Å². The summed E-state index contributed by atoms with van der Waals surface area (Å²) in [7, 11) is 0. The van der Waals surface area contributed by atoms with Gasteiger partial charge >= 0.3 is 0 Å². The first-order chi connectivity index (χ1) is 9.34. The number of allylic oxidation sites excluding steroid dienone is 1. The van der Waals surface area contributed by atoms with Crippen LogP contribution >= 0.6 is 0 Å². The molecular formula is C14H13NO5. The molecule has 1 rings (SSSR count). The number of carbonyl (C=O) groups excluding carboxylic acids is 3. The number of hydrogen-bond donors (Lipinski definition) is 0. The predicted molar refractivity (Wildman–Crippen MR) is 72.0 cm³/mol. The van der Waals surface area contributed by atoms with E-state index in [2.05, 4.69) is 0 Å². The van der Waals surface area contributed by atoms with Crippen LogP contribution in [0, 0.1) is 16.0 Å². The topological polar surface area (TPSA) is 94.3 Å². The Hall–Kier alpha value is -2.63. The maximum Gasteiger partial charge on any atom is 0.276 e. The lowest BCUT2D eigenvalue weighted by Crippen LogP contribution is -2.27. The van der Waals surface area contributed by atoms with Crippen LogP contribution < -0.4 is 0 Å². The van der Waals surface area contributed by atoms with Crippen LogP contribution in [0.25, 0.3) is 6.08 Å². The van der Waals surface area contributed by atoms with E-state index < -0.39 is 28.2 Å². The lowest BCUT2D eigenvalue weighted by atomic mass is 9.95. The number of rotatable bonds is 6. The van der Waals surface area contributed by atoms with E-state index in [4.69, 9.17) is 0 Å². The van der Waals surface area contributed by atoms with Gasteiger partial charge in [-0.2, -0.15) is 0 Å². The Morgan fingerprint density at radius 1 is 1.15 bits per heavy atom. The highest BCUT2D eigenvalue weighted by atomic mass is 16.6. The van der Waals surface area contributed by atoms with Crippen LogP contribution in [0.4, 0.5) is 5.69 Å². The summed E-state index contributed by atoms with van der Waals surface area (Å²) < 4.78 is 0. The van der Waals surface area contributed by atoms with Gasteiger partial charge < -0.3 is 0 Å². The highest BCUT2D eigenvalue weighted by Crippen LogP contribution is 2.19. The van der Waals surface area contributed by atoms with Crippen LogP contribution in [-0.4, -0.2) is 22.3 Å². The molecule has 20 heavy (non-hydrogen) atoms. The van der Waals surface area contributed by atoms with Crippen LogP contribution in [0.5, 0.6) is 0 Å². The van der Waals surface area contributed by atoms with Gasteiger partial charge in [0.2, 0.25) is 0 Å². The van der Waals surface area contributed by atoms with E-state index in [1.165, 1.54) is 24.3 Å². The van der Waals surface area contributed by atoms with Crippen molar-refractivity contribution in [2.24, 2.45) is 5.92 Å². The van der Waals surface area contributed by atoms with Crippen molar-refractivity contribution >= 4 is 29.1 Å². The molecule has 0 radical (unpaired) electrons. The number of para-hydroxylation sites is 1. The number of hydrogen-bond acceptors (Lipinski definition) is 5. The van der Waals surface area contributed by atoms with Crippen molar-refractivity contribution in [1.82, 2.24) is 0 Å². The van der Waals surface area contributed by atoms with E-state index in [1.54, 1.807) is 6.07 Å². The average Bonchev–Trinajstić information content (AvgIpc) is 2.35. The van der Waals surface area contributed by atoms with E-state index >= 15 is 0 Å². The minimum absolute atomic E-state index is 0.154. The molecule has 0 atom stereocenters. The van der Waals surface area contributed by atoms with Gasteiger partial charge in [-0.25, -0.2) is 0 Å². The molecule has 0 bridgehead atoms. The molecule has 1 aromatic rings. The molecule has 0 aliphatic rings. The number of carbonyl (C=O) groups is 3. The third-order valence-electron chi connectivity index (χ3n) is 2.66. The monoisotopic (exact) mass is 275 g/mol. The van der Waals surface area contributed by atoms with E-state index in [-0.39, 0.29) is 11.3 Å². The third kappa shape index (κ3) is 3.68. The van der Waals surface area contributed by atoms with Gasteiger partial charge in [0, 0.05) is 6.07 Å². The van der Waals surface area contributed by atoms with Crippen LogP contribution in [0.2, 0.25) is 0 Å². The Balaban J connectivity index is 3.04. The summed E-state index contributed by atoms with van der Waals surface area (Å²) >= 11 is 0. The summed E-state index contributed by atoms with van der Waals surface area (Å²) in [5, 5.41) is 10.8. The fourth-order valence-corrected chi connectivity index (χ4v) is 1.75. The molecule has 104 valence electrons. The Morgan fingerprint density at radius 2 is 1.70 bits per heavy atom. The molecule has 0 aliphatic carbocycles. The summed E-state index contributed by atoms with van der Waals surface area (Å²) in [6.45, 7) is 2.31. The van der Waals surface area contributed by atoms with Crippen molar-refractivity contribution in [1.29, 1.82) is 0 Å². The second-order valence-corrected chi connectivity index (χ2v) is 4.21. The molecular weight excluding hydrogens is 262 g/mol. The van der Waals surface area contributed by atoms with Crippen LogP contribution in [0.15, 0.2) is 30.3 Å². The van der Waals surface area contributed by atoms with E-state index in [9.17, 15) is 24.5 Å². The Bertz CT molecular complexity index is 589. The second-order valence-electron chi connectivity index (χ2n) is 4.21. The largest absolute Gasteiger partial charge is 0.299 e. The zero-order valence-corrected chi connectivity index (χ0v) is 11.0. The Labute approximate surface area is 115 Å². The molecule has 6 nitrogen and oxygen atoms in total. The molecule has 0 saturated carbocycles. The number of Topliss-reactive ketones (excluding diaryl/α,β-unsaturated/α-hetero) is 2. The Kier molecular flexibility index (Phi) is 5.02. The summed E-state index contributed by atoms with van der Waals surface area (Å²) in [6, 6.07) is 5.87. The number of benzene rings is 1. The zero-order chi connectivity index (χ0) is 15.3. The van der Waals surface area contributed by atoms with Crippen molar-refractivity contribution in [2.75, 3.05) is 0 Å². The predicted octanol–water partition coefficient (Wildman–Crippen LogP) is 1.97. The van der Waals surface area contributed by atoms with Gasteiger partial charge in [0.1, 0.15) is 17.5 Å². The molecule has 6 heteroatoms. The van der Waals surface area contributed by atoms with Crippen molar-refractivity contribution in [3.8, 4) is 0 Å². The molecule has 0 saturated heterocycles. The lowest BCUT2D eigenvalue weighted by molar-refractivity contribution is -0.385. The lowest BCUT2D eigenvalue weighted by Gasteiger charge is -2.05. The van der Waals surface area contributed by atoms with E-state index in [0.717, 1.165) is 19.9 Å². The van der Waals surface area contributed by atoms with Crippen LogP contribution in [0.1, 0.15) is 19.4 Å². The molecule has 0 heterocycles. The van der Waals surface area contributed by atoms with Crippen LogP contribution in [-0.2, 0) is 14.4 Å². The molecule has 0 unspecified atom stereocenters. The summed E-state index contributed by atoms with van der Waals surface area (Å²) in [5.41, 5.74) is 0.0791. The van der Waals surface area contributed by atoms with Gasteiger partial charge in [-0.3, -0.25) is 24.5 Å². The second kappa shape index (κ2) is 6.51. The summed E-state index contributed by atoms with van der Waals surface area (Å²) in [6.07, 6.45) is 2.26. The van der Waals surface area contributed by atoms with Crippen molar-refractivity contribution in [3.63, 3.8) is 0 Å². The fourth-order valence-electron chi connectivity index (χ4n) is 1.75. The Morgan fingerprint density at radius 3 is 2.20 bits per heavy atom. The third-order valence-corrected chi connectivity index (χ3v) is 2.66. The molecule has 0 spiro atoms. The highest BCUT2D eigenvalue weighted by molar-refractivity contribution is 6.22. The normalized spacial score (nSPS) is 10.8. The number of nitro benzene ring substituents is 1. The average molecular weight is 275 g/mol. The smallest absolute Gasteiger partial charge is 0.276 e. The van der Waals surface area contributed by atoms with Gasteiger partial charge in [0.05, 0.1) is 10.5 Å². The summed E-state index contributed by atoms with van der Waals surface area (Å²) in [4.78, 5) is 44.5. The van der Waals surface area contributed by atoms with Gasteiger partial charge in [0.15, 0.2) is 5.78 Å². The SMILES string of the molecule is CC(=O)C(C(C)=O)C(=O)/C=C/c1ccccc1[N+](=O)[O-]. The van der Waals surface area contributed by atoms with Gasteiger partial charge in [0.25, 0.3) is 5.69 Å². The minimum atomic E-state index is -1.34. The van der Waals surface area contributed by atoms with Gasteiger partial charge in [-0.15, -0.1) is 0 Å². The first-order valence-electron chi connectivity index (χ1n) is 5.81. The molecule has 0 aromatic heterocycles. The molecule has 0 amide bonds. The maximum absolute atomic E-state index is 11.8. The van der Waals surface area contributed by atoms with Gasteiger partial charge in [-0.05, 0) is 32.1 Å². The highest BCUT2D eigenvalue weighted by Gasteiger charge is 2.25. The molecule has 0 fully saturated rings. The number of nitro groups is 1. The number of ketones is 3. The van der Waals surface area contributed by atoms with Gasteiger partial charge in [-0.1, -0.05) is 12.1 Å². The fraction of sp³-hybridized carbons (Fsp3) is 0.214. The van der Waals surface area contributed by atoms with Crippen molar-refractivity contribution in [2.45, 2.75) is 13.8 Å². The van der Waals surface area contributed by atoms with E-state index in [1.807, 2.05) is 0 Å². The standard InChI is InChI=1S/C14H13NO5/c1-9(16)14(10(2)17)13(18)8-7-11-5-3-4-6-12(11)15(19)20/h3-8,14H,1-2H3/b8-7+. The van der Waals surface area contributed by atoms with Crippen molar-refractivity contribution < 1.29 is 19.3 Å². The summed E-state index contributed by atoms with van der Waals surface area (Å²) in [5.74, 6) is -3.11. The van der Waals surface area contributed by atoms with E-state index in [0.29, 0.717) is 0 Å². The number of nitrogens with zero attached hydrogens (tertiary/aromatic N) is 1. The minimum Gasteiger partial charge on any atom is -0.299 e. The first kappa shape index (κ1) is 15.4. The zero-order valence-electron chi connectivity index (χ0n) is 11.0. The molecule has 1 aromatic carbocycles. The quantitative estimate of drug-likeness (QED) is 0.342. The molecule has 0 N–H and O–H groups in total. The molecule has 0 aliphatic heterocycles.